The standard InChI is InChI=1S/C12H16N2O3/c1-9(15)13-7-6-12(16)14-10-4-3-5-11(8-10)17-2/h3-5,8H,6-7H2,1-2H3,(H,13,15)(H,14,16). The Labute approximate surface area is 100 Å². The van der Waals surface area contributed by atoms with Crippen molar-refractivity contribution < 1.29 is 14.3 Å². The van der Waals surface area contributed by atoms with Crippen molar-refractivity contribution in [2.45, 2.75) is 13.3 Å². The third kappa shape index (κ3) is 5.01. The van der Waals surface area contributed by atoms with E-state index in [2.05, 4.69) is 10.6 Å². The normalized spacial score (nSPS) is 9.53. The zero-order valence-corrected chi connectivity index (χ0v) is 9.95. The van der Waals surface area contributed by atoms with Crippen LogP contribution in [0.25, 0.3) is 0 Å². The van der Waals surface area contributed by atoms with Gasteiger partial charge in [-0.25, -0.2) is 0 Å². The summed E-state index contributed by atoms with van der Waals surface area (Å²) < 4.78 is 5.04. The van der Waals surface area contributed by atoms with Gasteiger partial charge in [0.1, 0.15) is 5.75 Å². The number of hydrogen-bond donors (Lipinski definition) is 2. The molecule has 0 saturated heterocycles. The van der Waals surface area contributed by atoms with Crippen molar-refractivity contribution in [3.63, 3.8) is 0 Å². The van der Waals surface area contributed by atoms with E-state index in [-0.39, 0.29) is 18.2 Å². The number of carbonyl (C=O) groups excluding carboxylic acids is 2. The molecule has 1 rings (SSSR count). The molecule has 0 atom stereocenters. The highest BCUT2D eigenvalue weighted by Crippen LogP contribution is 2.16. The molecule has 1 aromatic rings. The van der Waals surface area contributed by atoms with Gasteiger partial charge < -0.3 is 15.4 Å². The number of amides is 2. The number of rotatable bonds is 5. The minimum atomic E-state index is -0.146. The van der Waals surface area contributed by atoms with E-state index in [1.54, 1.807) is 31.4 Å². The largest absolute Gasteiger partial charge is 0.497 e. The van der Waals surface area contributed by atoms with Crippen molar-refractivity contribution in [1.82, 2.24) is 5.32 Å². The SMILES string of the molecule is COc1cccc(NC(=O)CCNC(C)=O)c1. The van der Waals surface area contributed by atoms with Crippen LogP contribution < -0.4 is 15.4 Å². The maximum atomic E-state index is 11.5. The summed E-state index contributed by atoms with van der Waals surface area (Å²) in [5.74, 6) is 0.399. The van der Waals surface area contributed by atoms with Crippen LogP contribution in [0.1, 0.15) is 13.3 Å². The van der Waals surface area contributed by atoms with Crippen molar-refractivity contribution in [1.29, 1.82) is 0 Å². The van der Waals surface area contributed by atoms with E-state index in [1.807, 2.05) is 0 Å². The Morgan fingerprint density at radius 1 is 1.35 bits per heavy atom. The fourth-order valence-electron chi connectivity index (χ4n) is 1.28. The minimum Gasteiger partial charge on any atom is -0.497 e. The van der Waals surface area contributed by atoms with Gasteiger partial charge in [-0.3, -0.25) is 9.59 Å². The van der Waals surface area contributed by atoms with E-state index in [1.165, 1.54) is 6.92 Å². The maximum absolute atomic E-state index is 11.5. The highest BCUT2D eigenvalue weighted by Gasteiger charge is 2.03. The number of benzene rings is 1. The van der Waals surface area contributed by atoms with Crippen molar-refractivity contribution in [3.05, 3.63) is 24.3 Å². The van der Waals surface area contributed by atoms with E-state index in [0.717, 1.165) is 0 Å². The van der Waals surface area contributed by atoms with Gasteiger partial charge in [-0.05, 0) is 12.1 Å². The Bertz CT molecular complexity index is 404. The quantitative estimate of drug-likeness (QED) is 0.806. The van der Waals surface area contributed by atoms with Gasteiger partial charge in [0.2, 0.25) is 11.8 Å². The predicted molar refractivity (Wildman–Crippen MR) is 64.9 cm³/mol. The zero-order chi connectivity index (χ0) is 12.7. The van der Waals surface area contributed by atoms with Crippen LogP contribution in [0.3, 0.4) is 0 Å². The molecule has 0 spiro atoms. The molecule has 92 valence electrons. The third-order valence-electron chi connectivity index (χ3n) is 2.08. The van der Waals surface area contributed by atoms with Crippen LogP contribution in [0.4, 0.5) is 5.69 Å². The monoisotopic (exact) mass is 236 g/mol. The second-order valence-corrected chi connectivity index (χ2v) is 3.51. The van der Waals surface area contributed by atoms with E-state index in [4.69, 9.17) is 4.74 Å². The number of anilines is 1. The molecule has 5 nitrogen and oxygen atoms in total. The predicted octanol–water partition coefficient (Wildman–Crippen LogP) is 1.16. The molecule has 0 fully saturated rings. The first kappa shape index (κ1) is 13.0. The van der Waals surface area contributed by atoms with Crippen molar-refractivity contribution in [2.75, 3.05) is 19.0 Å². The Hall–Kier alpha value is -2.04. The molecule has 5 heteroatoms. The van der Waals surface area contributed by atoms with Crippen LogP contribution in [0.15, 0.2) is 24.3 Å². The zero-order valence-electron chi connectivity index (χ0n) is 9.95. The third-order valence-corrected chi connectivity index (χ3v) is 2.08. The first-order valence-corrected chi connectivity index (χ1v) is 5.30. The summed E-state index contributed by atoms with van der Waals surface area (Å²) in [5, 5.41) is 5.28. The Morgan fingerprint density at radius 2 is 2.12 bits per heavy atom. The van der Waals surface area contributed by atoms with Crippen LogP contribution in [0, 0.1) is 0 Å². The molecule has 17 heavy (non-hydrogen) atoms. The molecule has 2 N–H and O–H groups in total. The number of methoxy groups -OCH3 is 1. The lowest BCUT2D eigenvalue weighted by atomic mass is 10.3. The molecule has 2 amide bonds. The number of ether oxygens (including phenoxy) is 1. The van der Waals surface area contributed by atoms with E-state index < -0.39 is 0 Å². The fraction of sp³-hybridized carbons (Fsp3) is 0.333. The van der Waals surface area contributed by atoms with E-state index >= 15 is 0 Å². The molecule has 0 saturated carbocycles. The Balaban J connectivity index is 2.42. The molecular formula is C12H16N2O3. The van der Waals surface area contributed by atoms with Gasteiger partial charge in [-0.2, -0.15) is 0 Å². The maximum Gasteiger partial charge on any atom is 0.226 e. The summed E-state index contributed by atoms with van der Waals surface area (Å²) in [4.78, 5) is 22.1. The molecular weight excluding hydrogens is 220 g/mol. The summed E-state index contributed by atoms with van der Waals surface area (Å²) in [5.41, 5.74) is 0.678. The molecule has 1 aromatic carbocycles. The highest BCUT2D eigenvalue weighted by molar-refractivity contribution is 5.91. The van der Waals surface area contributed by atoms with Gasteiger partial charge in [0, 0.05) is 31.6 Å². The summed E-state index contributed by atoms with van der Waals surface area (Å²) in [6.07, 6.45) is 0.247. The van der Waals surface area contributed by atoms with Crippen LogP contribution in [0.5, 0.6) is 5.75 Å². The molecule has 0 aliphatic heterocycles. The molecule has 0 radical (unpaired) electrons. The second-order valence-electron chi connectivity index (χ2n) is 3.51. The lowest BCUT2D eigenvalue weighted by molar-refractivity contribution is -0.119. The van der Waals surface area contributed by atoms with Gasteiger partial charge in [0.15, 0.2) is 0 Å². The van der Waals surface area contributed by atoms with Crippen LogP contribution in [-0.4, -0.2) is 25.5 Å². The molecule has 0 heterocycles. The first-order valence-electron chi connectivity index (χ1n) is 5.30. The van der Waals surface area contributed by atoms with E-state index in [0.29, 0.717) is 18.0 Å². The smallest absolute Gasteiger partial charge is 0.226 e. The summed E-state index contributed by atoms with van der Waals surface area (Å²) in [6, 6.07) is 7.10. The lowest BCUT2D eigenvalue weighted by Gasteiger charge is -2.07. The number of nitrogens with one attached hydrogen (secondary N) is 2. The van der Waals surface area contributed by atoms with Gasteiger partial charge in [-0.1, -0.05) is 6.07 Å². The van der Waals surface area contributed by atoms with E-state index in [9.17, 15) is 9.59 Å². The number of carbonyl (C=O) groups is 2. The first-order chi connectivity index (χ1) is 8.11. The second kappa shape index (κ2) is 6.52. The van der Waals surface area contributed by atoms with Crippen molar-refractivity contribution in [2.24, 2.45) is 0 Å². The number of hydrogen-bond acceptors (Lipinski definition) is 3. The molecule has 0 aliphatic rings. The van der Waals surface area contributed by atoms with Crippen molar-refractivity contribution >= 4 is 17.5 Å². The fourth-order valence-corrected chi connectivity index (χ4v) is 1.28. The minimum absolute atomic E-state index is 0.140. The van der Waals surface area contributed by atoms with Crippen LogP contribution in [0.2, 0.25) is 0 Å². The molecule has 0 aliphatic carbocycles. The van der Waals surface area contributed by atoms with Gasteiger partial charge >= 0.3 is 0 Å². The topological polar surface area (TPSA) is 67.4 Å². The Kier molecular flexibility index (Phi) is 5.00. The van der Waals surface area contributed by atoms with Crippen LogP contribution in [-0.2, 0) is 9.59 Å². The molecule has 0 unspecified atom stereocenters. The average Bonchev–Trinajstić information content (AvgIpc) is 2.28. The summed E-state index contributed by atoms with van der Waals surface area (Å²) in [7, 11) is 1.57. The van der Waals surface area contributed by atoms with Gasteiger partial charge in [0.25, 0.3) is 0 Å². The molecule has 0 aromatic heterocycles. The van der Waals surface area contributed by atoms with Crippen LogP contribution >= 0.6 is 0 Å². The highest BCUT2D eigenvalue weighted by atomic mass is 16.5. The summed E-state index contributed by atoms with van der Waals surface area (Å²) in [6.45, 7) is 1.76. The molecule has 0 bridgehead atoms. The van der Waals surface area contributed by atoms with Gasteiger partial charge in [0.05, 0.1) is 7.11 Å². The van der Waals surface area contributed by atoms with Gasteiger partial charge in [-0.15, -0.1) is 0 Å². The Morgan fingerprint density at radius 3 is 2.76 bits per heavy atom. The summed E-state index contributed by atoms with van der Waals surface area (Å²) >= 11 is 0. The van der Waals surface area contributed by atoms with Crippen molar-refractivity contribution in [3.8, 4) is 5.75 Å². The average molecular weight is 236 g/mol. The lowest BCUT2D eigenvalue weighted by Crippen LogP contribution is -2.25.